The van der Waals surface area contributed by atoms with Crippen molar-refractivity contribution in [3.05, 3.63) is 41.7 Å². The number of halogens is 2. The molecule has 8 heteroatoms. The molecule has 1 aliphatic carbocycles. The van der Waals surface area contributed by atoms with Crippen molar-refractivity contribution in [1.82, 2.24) is 19.6 Å². The Hall–Kier alpha value is -2.48. The summed E-state index contributed by atoms with van der Waals surface area (Å²) in [6.45, 7) is 3.84. The number of amides is 1. The second-order valence-corrected chi connectivity index (χ2v) is 6.94. The Bertz CT molecular complexity index is 827. The Morgan fingerprint density at radius 2 is 1.92 bits per heavy atom. The highest BCUT2D eigenvalue weighted by Gasteiger charge is 2.30. The van der Waals surface area contributed by atoms with Gasteiger partial charge in [-0.1, -0.05) is 0 Å². The minimum Gasteiger partial charge on any atom is -0.504 e. The fraction of sp³-hybridized carbons (Fsp3) is 0.444. The van der Waals surface area contributed by atoms with Crippen molar-refractivity contribution < 1.29 is 18.7 Å². The van der Waals surface area contributed by atoms with E-state index in [0.717, 1.165) is 48.6 Å². The first-order valence-corrected chi connectivity index (χ1v) is 8.77. The van der Waals surface area contributed by atoms with E-state index in [1.165, 1.54) is 18.9 Å². The van der Waals surface area contributed by atoms with Crippen molar-refractivity contribution in [3.8, 4) is 11.4 Å². The van der Waals surface area contributed by atoms with E-state index in [2.05, 4.69) is 10.00 Å². The molecule has 4 rings (SSSR count). The monoisotopic (exact) mass is 362 g/mol. The molecule has 1 aromatic heterocycles. The predicted molar refractivity (Wildman–Crippen MR) is 90.2 cm³/mol. The van der Waals surface area contributed by atoms with Crippen LogP contribution in [0.4, 0.5) is 8.78 Å². The van der Waals surface area contributed by atoms with Crippen LogP contribution in [0.1, 0.15) is 23.3 Å². The molecule has 1 N–H and O–H groups in total. The number of nitrogens with zero attached hydrogens (tertiary/aromatic N) is 4. The molecule has 26 heavy (non-hydrogen) atoms. The summed E-state index contributed by atoms with van der Waals surface area (Å²) in [7, 11) is 0. The number of hydrogen-bond donors (Lipinski definition) is 1. The molecule has 0 radical (unpaired) electrons. The van der Waals surface area contributed by atoms with Gasteiger partial charge in [-0.15, -0.1) is 0 Å². The van der Waals surface area contributed by atoms with Crippen LogP contribution in [0.25, 0.3) is 5.69 Å². The van der Waals surface area contributed by atoms with Crippen LogP contribution in [0, 0.1) is 17.6 Å². The lowest BCUT2D eigenvalue weighted by molar-refractivity contribution is 0.0623. The predicted octanol–water partition coefficient (Wildman–Crippen LogP) is 2.02. The molecule has 1 aliphatic heterocycles. The molecule has 138 valence electrons. The Labute approximate surface area is 149 Å². The second-order valence-electron chi connectivity index (χ2n) is 6.94. The van der Waals surface area contributed by atoms with Gasteiger partial charge in [0.05, 0.1) is 6.20 Å². The smallest absolute Gasteiger partial charge is 0.278 e. The minimum atomic E-state index is -0.819. The van der Waals surface area contributed by atoms with Crippen molar-refractivity contribution in [2.24, 2.45) is 5.92 Å². The first-order chi connectivity index (χ1) is 12.5. The fourth-order valence-corrected chi connectivity index (χ4v) is 3.26. The molecule has 0 atom stereocenters. The number of hydrogen-bond acceptors (Lipinski definition) is 4. The third kappa shape index (κ3) is 3.41. The first kappa shape index (κ1) is 17.0. The SMILES string of the molecule is O=C(c1nn(-c2ccc(F)cc2F)cc1O)N1CCN(CC2CC2)CC1. The zero-order valence-electron chi connectivity index (χ0n) is 14.2. The molecule has 2 aliphatic rings. The second kappa shape index (κ2) is 6.68. The molecule has 6 nitrogen and oxygen atoms in total. The largest absolute Gasteiger partial charge is 0.504 e. The highest BCUT2D eigenvalue weighted by Crippen LogP contribution is 2.30. The molecule has 2 aromatic rings. The summed E-state index contributed by atoms with van der Waals surface area (Å²) in [6.07, 6.45) is 3.75. The van der Waals surface area contributed by atoms with Gasteiger partial charge >= 0.3 is 0 Å². The van der Waals surface area contributed by atoms with Crippen molar-refractivity contribution in [1.29, 1.82) is 0 Å². The highest BCUT2D eigenvalue weighted by atomic mass is 19.1. The van der Waals surface area contributed by atoms with Crippen LogP contribution >= 0.6 is 0 Å². The average molecular weight is 362 g/mol. The molecule has 0 bridgehead atoms. The molecule has 1 saturated heterocycles. The molecule has 1 aromatic carbocycles. The van der Waals surface area contributed by atoms with Crippen molar-refractivity contribution in [2.45, 2.75) is 12.8 Å². The average Bonchev–Trinajstić information content (AvgIpc) is 3.35. The van der Waals surface area contributed by atoms with Crippen LogP contribution in [0.3, 0.4) is 0 Å². The summed E-state index contributed by atoms with van der Waals surface area (Å²) >= 11 is 0. The van der Waals surface area contributed by atoms with Crippen molar-refractivity contribution in [2.75, 3.05) is 32.7 Å². The van der Waals surface area contributed by atoms with E-state index in [4.69, 9.17) is 0 Å². The Balaban J connectivity index is 1.47. The number of rotatable bonds is 4. The van der Waals surface area contributed by atoms with Gasteiger partial charge in [-0.25, -0.2) is 13.5 Å². The Morgan fingerprint density at radius 1 is 1.19 bits per heavy atom. The number of aromatic nitrogens is 2. The zero-order chi connectivity index (χ0) is 18.3. The van der Waals surface area contributed by atoms with Crippen LogP contribution in [-0.4, -0.2) is 63.3 Å². The van der Waals surface area contributed by atoms with Gasteiger partial charge in [-0.2, -0.15) is 5.10 Å². The highest BCUT2D eigenvalue weighted by molar-refractivity contribution is 5.95. The zero-order valence-corrected chi connectivity index (χ0v) is 14.2. The summed E-state index contributed by atoms with van der Waals surface area (Å²) in [5, 5.41) is 14.1. The van der Waals surface area contributed by atoms with Crippen LogP contribution < -0.4 is 0 Å². The van der Waals surface area contributed by atoms with Crippen LogP contribution in [0.5, 0.6) is 5.75 Å². The van der Waals surface area contributed by atoms with Crippen LogP contribution in [0.2, 0.25) is 0 Å². The summed E-state index contributed by atoms with van der Waals surface area (Å²) in [5.41, 5.74) is -0.153. The van der Waals surface area contributed by atoms with E-state index in [1.807, 2.05) is 0 Å². The Morgan fingerprint density at radius 3 is 2.58 bits per heavy atom. The van der Waals surface area contributed by atoms with E-state index < -0.39 is 11.6 Å². The third-order valence-corrected chi connectivity index (χ3v) is 4.93. The van der Waals surface area contributed by atoms with E-state index in [-0.39, 0.29) is 23.0 Å². The molecule has 2 heterocycles. The quantitative estimate of drug-likeness (QED) is 0.904. The molecule has 1 amide bonds. The van der Waals surface area contributed by atoms with Gasteiger partial charge in [0, 0.05) is 38.8 Å². The lowest BCUT2D eigenvalue weighted by Crippen LogP contribution is -2.49. The van der Waals surface area contributed by atoms with E-state index in [1.54, 1.807) is 4.90 Å². The summed E-state index contributed by atoms with van der Waals surface area (Å²) in [5.74, 6) is -1.42. The maximum Gasteiger partial charge on any atom is 0.278 e. The van der Waals surface area contributed by atoms with Crippen molar-refractivity contribution >= 4 is 5.91 Å². The minimum absolute atomic E-state index is 0.0324. The van der Waals surface area contributed by atoms with Gasteiger partial charge in [0.2, 0.25) is 0 Å². The van der Waals surface area contributed by atoms with Crippen molar-refractivity contribution in [3.63, 3.8) is 0 Å². The van der Waals surface area contributed by atoms with Crippen LogP contribution in [0.15, 0.2) is 24.4 Å². The van der Waals surface area contributed by atoms with Crippen LogP contribution in [-0.2, 0) is 0 Å². The number of aromatic hydroxyl groups is 1. The molecule has 2 fully saturated rings. The van der Waals surface area contributed by atoms with Gasteiger partial charge in [0.1, 0.15) is 11.5 Å². The Kier molecular flexibility index (Phi) is 4.36. The number of piperazine rings is 1. The topological polar surface area (TPSA) is 61.6 Å². The van der Waals surface area contributed by atoms with E-state index in [0.29, 0.717) is 13.1 Å². The first-order valence-electron chi connectivity index (χ1n) is 8.77. The van der Waals surface area contributed by atoms with Gasteiger partial charge in [-0.3, -0.25) is 9.69 Å². The van der Waals surface area contributed by atoms with E-state index in [9.17, 15) is 18.7 Å². The maximum atomic E-state index is 13.9. The van der Waals surface area contributed by atoms with Gasteiger partial charge in [-0.05, 0) is 30.9 Å². The van der Waals surface area contributed by atoms with E-state index >= 15 is 0 Å². The number of benzene rings is 1. The summed E-state index contributed by atoms with van der Waals surface area (Å²) in [4.78, 5) is 16.7. The molecule has 1 saturated carbocycles. The van der Waals surface area contributed by atoms with Gasteiger partial charge < -0.3 is 10.0 Å². The molecular formula is C18H20F2N4O2. The lowest BCUT2D eigenvalue weighted by atomic mass is 10.2. The summed E-state index contributed by atoms with van der Waals surface area (Å²) in [6, 6.07) is 3.04. The number of carbonyl (C=O) groups is 1. The third-order valence-electron chi connectivity index (χ3n) is 4.93. The molecule has 0 spiro atoms. The normalized spacial score (nSPS) is 18.3. The lowest BCUT2D eigenvalue weighted by Gasteiger charge is -2.34. The standard InChI is InChI=1S/C18H20F2N4O2/c19-13-3-4-15(14(20)9-13)24-11-16(25)17(21-24)18(26)23-7-5-22(6-8-23)10-12-1-2-12/h3-4,9,11-12,25H,1-2,5-8,10H2. The van der Waals surface area contributed by atoms with Gasteiger partial charge in [0.25, 0.3) is 5.91 Å². The maximum absolute atomic E-state index is 13.9. The van der Waals surface area contributed by atoms with Gasteiger partial charge in [0.15, 0.2) is 17.3 Å². The molecule has 0 unspecified atom stereocenters. The summed E-state index contributed by atoms with van der Waals surface area (Å²) < 4.78 is 28.0. The number of carbonyl (C=O) groups excluding carboxylic acids is 1. The fourth-order valence-electron chi connectivity index (χ4n) is 3.26. The molecular weight excluding hydrogens is 342 g/mol.